The molecule has 2 unspecified atom stereocenters. The van der Waals surface area contributed by atoms with E-state index in [9.17, 15) is 9.59 Å². The van der Waals surface area contributed by atoms with Crippen LogP contribution in [0.15, 0.2) is 0 Å². The first kappa shape index (κ1) is 15.3. The van der Waals surface area contributed by atoms with Crippen LogP contribution in [-0.2, 0) is 4.79 Å². The zero-order chi connectivity index (χ0) is 14.4. The van der Waals surface area contributed by atoms with Crippen LogP contribution in [0.25, 0.3) is 0 Å². The minimum Gasteiger partial charge on any atom is -0.338 e. The predicted molar refractivity (Wildman–Crippen MR) is 77.5 cm³/mol. The molecule has 20 heavy (non-hydrogen) atoms. The molecule has 0 aliphatic carbocycles. The first-order valence-electron chi connectivity index (χ1n) is 7.73. The SMILES string of the molecule is CCCCNC(=O)NC(=O)CN1CCC2CCC(C1)N2. The number of hydrogen-bond donors (Lipinski definition) is 3. The van der Waals surface area contributed by atoms with E-state index in [4.69, 9.17) is 0 Å². The fraction of sp³-hybridized carbons (Fsp3) is 0.857. The van der Waals surface area contributed by atoms with Crippen molar-refractivity contribution in [1.29, 1.82) is 0 Å². The molecule has 0 radical (unpaired) electrons. The third kappa shape index (κ3) is 4.76. The second-order valence-corrected chi connectivity index (χ2v) is 5.82. The summed E-state index contributed by atoms with van der Waals surface area (Å²) in [6.45, 7) is 4.82. The lowest BCUT2D eigenvalue weighted by molar-refractivity contribution is -0.121. The highest BCUT2D eigenvalue weighted by atomic mass is 16.2. The average Bonchev–Trinajstić information content (AvgIpc) is 2.73. The van der Waals surface area contributed by atoms with Gasteiger partial charge in [-0.25, -0.2) is 4.79 Å². The van der Waals surface area contributed by atoms with Crippen LogP contribution in [0.4, 0.5) is 4.79 Å². The molecule has 2 heterocycles. The zero-order valence-electron chi connectivity index (χ0n) is 12.3. The summed E-state index contributed by atoms with van der Waals surface area (Å²) in [5.74, 6) is -0.211. The molecule has 0 aromatic heterocycles. The molecule has 3 N–H and O–H groups in total. The van der Waals surface area contributed by atoms with Gasteiger partial charge in [-0.1, -0.05) is 13.3 Å². The highest BCUT2D eigenvalue weighted by Gasteiger charge is 2.29. The van der Waals surface area contributed by atoms with Crippen LogP contribution in [-0.4, -0.2) is 55.1 Å². The van der Waals surface area contributed by atoms with Gasteiger partial charge in [0.15, 0.2) is 0 Å². The summed E-state index contributed by atoms with van der Waals surface area (Å²) in [5.41, 5.74) is 0. The van der Waals surface area contributed by atoms with Gasteiger partial charge >= 0.3 is 6.03 Å². The highest BCUT2D eigenvalue weighted by Crippen LogP contribution is 2.19. The molecular weight excluding hydrogens is 256 g/mol. The van der Waals surface area contributed by atoms with E-state index in [0.717, 1.165) is 32.4 Å². The largest absolute Gasteiger partial charge is 0.338 e. The number of hydrogen-bond acceptors (Lipinski definition) is 4. The van der Waals surface area contributed by atoms with E-state index in [1.54, 1.807) is 0 Å². The molecule has 2 fully saturated rings. The van der Waals surface area contributed by atoms with Gasteiger partial charge in [-0.15, -0.1) is 0 Å². The predicted octanol–water partition coefficient (Wildman–Crippen LogP) is 0.439. The summed E-state index contributed by atoms with van der Waals surface area (Å²) >= 11 is 0. The summed E-state index contributed by atoms with van der Waals surface area (Å²) in [6, 6.07) is 0.747. The number of unbranched alkanes of at least 4 members (excludes halogenated alkanes) is 1. The maximum atomic E-state index is 11.8. The quantitative estimate of drug-likeness (QED) is 0.640. The molecule has 2 aliphatic rings. The second kappa shape index (κ2) is 7.59. The van der Waals surface area contributed by atoms with Crippen molar-refractivity contribution in [2.75, 3.05) is 26.2 Å². The number of carbonyl (C=O) groups excluding carboxylic acids is 2. The Morgan fingerprint density at radius 1 is 1.25 bits per heavy atom. The van der Waals surface area contributed by atoms with Crippen LogP contribution >= 0.6 is 0 Å². The van der Waals surface area contributed by atoms with E-state index in [1.807, 2.05) is 0 Å². The van der Waals surface area contributed by atoms with Gasteiger partial charge in [-0.3, -0.25) is 15.0 Å². The topological polar surface area (TPSA) is 73.5 Å². The van der Waals surface area contributed by atoms with Crippen molar-refractivity contribution in [2.24, 2.45) is 0 Å². The molecule has 114 valence electrons. The van der Waals surface area contributed by atoms with E-state index in [0.29, 0.717) is 25.2 Å². The van der Waals surface area contributed by atoms with E-state index >= 15 is 0 Å². The van der Waals surface area contributed by atoms with Gasteiger partial charge in [-0.2, -0.15) is 0 Å². The molecule has 0 saturated carbocycles. The summed E-state index contributed by atoms with van der Waals surface area (Å²) < 4.78 is 0. The van der Waals surface area contributed by atoms with Gasteiger partial charge < -0.3 is 10.6 Å². The number of urea groups is 1. The molecule has 2 saturated heterocycles. The van der Waals surface area contributed by atoms with E-state index in [2.05, 4.69) is 27.8 Å². The first-order valence-corrected chi connectivity index (χ1v) is 7.73. The first-order chi connectivity index (χ1) is 9.67. The molecular formula is C14H26N4O2. The molecule has 6 heteroatoms. The van der Waals surface area contributed by atoms with Crippen molar-refractivity contribution in [3.63, 3.8) is 0 Å². The van der Waals surface area contributed by atoms with Crippen LogP contribution in [0.3, 0.4) is 0 Å². The van der Waals surface area contributed by atoms with Gasteiger partial charge in [0, 0.05) is 31.7 Å². The van der Waals surface area contributed by atoms with Crippen molar-refractivity contribution >= 4 is 11.9 Å². The number of amides is 3. The molecule has 2 rings (SSSR count). The number of fused-ring (bicyclic) bond motifs is 2. The second-order valence-electron chi connectivity index (χ2n) is 5.82. The van der Waals surface area contributed by atoms with Gasteiger partial charge in [0.05, 0.1) is 6.54 Å². The van der Waals surface area contributed by atoms with E-state index < -0.39 is 0 Å². The highest BCUT2D eigenvalue weighted by molar-refractivity contribution is 5.95. The third-order valence-corrected chi connectivity index (χ3v) is 4.04. The Bertz CT molecular complexity index is 348. The van der Waals surface area contributed by atoms with Crippen molar-refractivity contribution in [3.8, 4) is 0 Å². The number of likely N-dealkylation sites (tertiary alicyclic amines) is 1. The maximum absolute atomic E-state index is 11.8. The van der Waals surface area contributed by atoms with Crippen molar-refractivity contribution in [1.82, 2.24) is 20.9 Å². The number of imide groups is 1. The smallest absolute Gasteiger partial charge is 0.321 e. The Morgan fingerprint density at radius 2 is 2.05 bits per heavy atom. The molecule has 2 atom stereocenters. The number of nitrogens with zero attached hydrogens (tertiary/aromatic N) is 1. The Morgan fingerprint density at radius 3 is 2.85 bits per heavy atom. The molecule has 2 aliphatic heterocycles. The maximum Gasteiger partial charge on any atom is 0.321 e. The molecule has 0 aromatic carbocycles. The summed E-state index contributed by atoms with van der Waals surface area (Å²) in [6.07, 6.45) is 5.50. The van der Waals surface area contributed by atoms with Gasteiger partial charge in [0.1, 0.15) is 0 Å². The van der Waals surface area contributed by atoms with Crippen LogP contribution in [0.1, 0.15) is 39.0 Å². The van der Waals surface area contributed by atoms with Crippen LogP contribution in [0.2, 0.25) is 0 Å². The monoisotopic (exact) mass is 282 g/mol. The van der Waals surface area contributed by atoms with Crippen molar-refractivity contribution in [3.05, 3.63) is 0 Å². The fourth-order valence-corrected chi connectivity index (χ4v) is 2.95. The van der Waals surface area contributed by atoms with Crippen molar-refractivity contribution < 1.29 is 9.59 Å². The lowest BCUT2D eigenvalue weighted by atomic mass is 10.1. The fourth-order valence-electron chi connectivity index (χ4n) is 2.95. The van der Waals surface area contributed by atoms with E-state index in [1.165, 1.54) is 12.8 Å². The molecule has 0 spiro atoms. The number of carbonyl (C=O) groups is 2. The standard InChI is InChI=1S/C14H26N4O2/c1-2-3-7-15-14(20)17-13(19)10-18-8-6-11-4-5-12(9-18)16-11/h11-12,16H,2-10H2,1H3,(H2,15,17,19,20). The molecule has 2 bridgehead atoms. The van der Waals surface area contributed by atoms with Gasteiger partial charge in [0.25, 0.3) is 0 Å². The molecule has 3 amide bonds. The number of rotatable bonds is 5. The average molecular weight is 282 g/mol. The Balaban J connectivity index is 1.67. The summed E-state index contributed by atoms with van der Waals surface area (Å²) in [5, 5.41) is 8.67. The van der Waals surface area contributed by atoms with E-state index in [-0.39, 0.29) is 11.9 Å². The lowest BCUT2D eigenvalue weighted by Gasteiger charge is -2.23. The number of nitrogens with one attached hydrogen (secondary N) is 3. The normalized spacial score (nSPS) is 26.1. The Kier molecular flexibility index (Phi) is 5.79. The van der Waals surface area contributed by atoms with Gasteiger partial charge in [0.2, 0.25) is 5.91 Å². The molecule has 6 nitrogen and oxygen atoms in total. The Hall–Kier alpha value is -1.14. The lowest BCUT2D eigenvalue weighted by Crippen LogP contribution is -2.46. The summed E-state index contributed by atoms with van der Waals surface area (Å²) in [7, 11) is 0. The minimum absolute atomic E-state index is 0.211. The van der Waals surface area contributed by atoms with Gasteiger partial charge in [-0.05, 0) is 25.7 Å². The van der Waals surface area contributed by atoms with Crippen LogP contribution < -0.4 is 16.0 Å². The minimum atomic E-state index is -0.377. The molecule has 0 aromatic rings. The van der Waals surface area contributed by atoms with Crippen LogP contribution in [0, 0.1) is 0 Å². The van der Waals surface area contributed by atoms with Crippen LogP contribution in [0.5, 0.6) is 0 Å². The third-order valence-electron chi connectivity index (χ3n) is 4.04. The Labute approximate surface area is 120 Å². The zero-order valence-corrected chi connectivity index (χ0v) is 12.3. The summed E-state index contributed by atoms with van der Waals surface area (Å²) in [4.78, 5) is 25.5. The van der Waals surface area contributed by atoms with Crippen molar-refractivity contribution in [2.45, 2.75) is 51.1 Å².